The Morgan fingerprint density at radius 3 is 2.54 bits per heavy atom. The summed E-state index contributed by atoms with van der Waals surface area (Å²) in [4.78, 5) is 24.0. The average Bonchev–Trinajstić information content (AvgIpc) is 3.38. The summed E-state index contributed by atoms with van der Waals surface area (Å²) in [6, 6.07) is 25.8. The lowest BCUT2D eigenvalue weighted by Gasteiger charge is -2.38. The Morgan fingerprint density at radius 1 is 0.943 bits per heavy atom. The highest BCUT2D eigenvalue weighted by atomic mass is 16.6. The van der Waals surface area contributed by atoms with Crippen LogP contribution in [0.2, 0.25) is 0 Å². The number of nitro groups is 1. The van der Waals surface area contributed by atoms with Gasteiger partial charge in [-0.25, -0.2) is 4.79 Å². The third-order valence-electron chi connectivity index (χ3n) is 7.01. The first-order valence-electron chi connectivity index (χ1n) is 11.6. The number of carbonyl (C=O) groups excluding carboxylic acids is 1. The van der Waals surface area contributed by atoms with Crippen LogP contribution in [0, 0.1) is 16.0 Å². The minimum Gasteiger partial charge on any atom is -0.423 e. The SMILES string of the molecule is O=C(Oc1ccc2ccccc2c1)c1cccc2c1NC(c1ccc([N+](=O)[O-])cc1)C1CC=CC21. The van der Waals surface area contributed by atoms with Gasteiger partial charge in [0.15, 0.2) is 0 Å². The lowest BCUT2D eigenvalue weighted by atomic mass is 9.76. The second kappa shape index (κ2) is 8.40. The largest absolute Gasteiger partial charge is 0.423 e. The Bertz CT molecular complexity index is 1490. The molecule has 1 heterocycles. The molecule has 0 saturated heterocycles. The first-order valence-corrected chi connectivity index (χ1v) is 11.6. The number of anilines is 1. The van der Waals surface area contributed by atoms with Gasteiger partial charge in [0.1, 0.15) is 5.75 Å². The molecule has 1 N–H and O–H groups in total. The van der Waals surface area contributed by atoms with Gasteiger partial charge in [-0.2, -0.15) is 0 Å². The van der Waals surface area contributed by atoms with E-state index in [1.165, 1.54) is 12.1 Å². The van der Waals surface area contributed by atoms with Crippen molar-refractivity contribution in [3.63, 3.8) is 0 Å². The molecule has 35 heavy (non-hydrogen) atoms. The molecule has 0 bridgehead atoms. The number of allylic oxidation sites excluding steroid dienone is 2. The van der Waals surface area contributed by atoms with Crippen molar-refractivity contribution in [2.75, 3.05) is 5.32 Å². The zero-order chi connectivity index (χ0) is 23.9. The van der Waals surface area contributed by atoms with Crippen molar-refractivity contribution in [2.45, 2.75) is 18.4 Å². The second-order valence-corrected chi connectivity index (χ2v) is 8.99. The molecule has 0 saturated carbocycles. The minimum absolute atomic E-state index is 0.0608. The molecular formula is C29H22N2O4. The van der Waals surface area contributed by atoms with Crippen LogP contribution in [0.4, 0.5) is 11.4 Å². The van der Waals surface area contributed by atoms with Gasteiger partial charge >= 0.3 is 5.97 Å². The van der Waals surface area contributed by atoms with Gasteiger partial charge in [-0.05, 0) is 52.4 Å². The van der Waals surface area contributed by atoms with Gasteiger partial charge in [-0.3, -0.25) is 10.1 Å². The molecule has 0 fully saturated rings. The first-order chi connectivity index (χ1) is 17.1. The summed E-state index contributed by atoms with van der Waals surface area (Å²) in [5, 5.41) is 16.8. The number of hydrogen-bond donors (Lipinski definition) is 1. The van der Waals surface area contributed by atoms with E-state index in [2.05, 4.69) is 23.5 Å². The highest BCUT2D eigenvalue weighted by molar-refractivity contribution is 5.98. The number of rotatable bonds is 4. The average molecular weight is 463 g/mol. The highest BCUT2D eigenvalue weighted by Gasteiger charge is 2.39. The summed E-state index contributed by atoms with van der Waals surface area (Å²) in [6.07, 6.45) is 5.26. The number of non-ortho nitro benzene ring substituents is 1. The maximum Gasteiger partial charge on any atom is 0.345 e. The van der Waals surface area contributed by atoms with Gasteiger partial charge in [0.2, 0.25) is 0 Å². The number of fused-ring (bicyclic) bond motifs is 4. The van der Waals surface area contributed by atoms with E-state index in [1.807, 2.05) is 42.5 Å². The third kappa shape index (κ3) is 3.73. The predicted octanol–water partition coefficient (Wildman–Crippen LogP) is 6.79. The number of para-hydroxylation sites is 1. The summed E-state index contributed by atoms with van der Waals surface area (Å²) in [6.45, 7) is 0. The van der Waals surface area contributed by atoms with Crippen LogP contribution < -0.4 is 10.1 Å². The van der Waals surface area contributed by atoms with Crippen LogP contribution in [0.3, 0.4) is 0 Å². The van der Waals surface area contributed by atoms with Gasteiger partial charge in [-0.1, -0.05) is 66.7 Å². The molecule has 6 rings (SSSR count). The zero-order valence-electron chi connectivity index (χ0n) is 18.8. The van der Waals surface area contributed by atoms with E-state index in [9.17, 15) is 14.9 Å². The van der Waals surface area contributed by atoms with E-state index in [0.717, 1.165) is 34.0 Å². The molecule has 6 nitrogen and oxygen atoms in total. The Kier molecular flexibility index (Phi) is 5.07. The van der Waals surface area contributed by atoms with Crippen LogP contribution in [0.5, 0.6) is 5.75 Å². The second-order valence-electron chi connectivity index (χ2n) is 8.99. The molecule has 3 unspecified atom stereocenters. The van der Waals surface area contributed by atoms with Crippen LogP contribution in [-0.2, 0) is 0 Å². The quantitative estimate of drug-likeness (QED) is 0.119. The number of benzene rings is 4. The summed E-state index contributed by atoms with van der Waals surface area (Å²) >= 11 is 0. The van der Waals surface area contributed by atoms with Gasteiger partial charge < -0.3 is 10.1 Å². The normalized spacial score (nSPS) is 20.1. The molecule has 6 heteroatoms. The maximum atomic E-state index is 13.3. The summed E-state index contributed by atoms with van der Waals surface area (Å²) in [7, 11) is 0. The van der Waals surface area contributed by atoms with Gasteiger partial charge in [0, 0.05) is 18.1 Å². The standard InChI is InChI=1S/C29H22N2O4/c32-29(35-22-16-13-18-5-1-2-6-20(18)17-22)26-10-4-9-25-23-7-3-8-24(23)27(30-28(25)26)19-11-14-21(15-12-19)31(33)34/h1-7,9-17,23-24,27,30H,8H2. The molecule has 1 aliphatic carbocycles. The van der Waals surface area contributed by atoms with Crippen molar-refractivity contribution in [2.24, 2.45) is 5.92 Å². The van der Waals surface area contributed by atoms with Crippen LogP contribution in [0.1, 0.15) is 39.9 Å². The number of hydrogen-bond acceptors (Lipinski definition) is 5. The van der Waals surface area contributed by atoms with Crippen molar-refractivity contribution in [3.05, 3.63) is 124 Å². The Labute approximate surface area is 202 Å². The monoisotopic (exact) mass is 462 g/mol. The Morgan fingerprint density at radius 2 is 1.74 bits per heavy atom. The lowest BCUT2D eigenvalue weighted by molar-refractivity contribution is -0.384. The van der Waals surface area contributed by atoms with Crippen LogP contribution in [0.15, 0.2) is 97.1 Å². The van der Waals surface area contributed by atoms with E-state index >= 15 is 0 Å². The zero-order valence-corrected chi connectivity index (χ0v) is 18.8. The van der Waals surface area contributed by atoms with Crippen LogP contribution in [0.25, 0.3) is 10.8 Å². The number of nitrogens with zero attached hydrogens (tertiary/aromatic N) is 1. The molecular weight excluding hydrogens is 440 g/mol. The van der Waals surface area contributed by atoms with Gasteiger partial charge in [0.25, 0.3) is 5.69 Å². The molecule has 0 spiro atoms. The lowest BCUT2D eigenvalue weighted by Crippen LogP contribution is -2.30. The van der Waals surface area contributed by atoms with Crippen LogP contribution in [-0.4, -0.2) is 10.9 Å². The van der Waals surface area contributed by atoms with Gasteiger partial charge in [0.05, 0.1) is 22.2 Å². The Balaban J connectivity index is 1.34. The number of esters is 1. The molecule has 4 aromatic carbocycles. The molecule has 4 aromatic rings. The fourth-order valence-electron chi connectivity index (χ4n) is 5.32. The van der Waals surface area contributed by atoms with Crippen molar-refractivity contribution in [1.29, 1.82) is 0 Å². The van der Waals surface area contributed by atoms with Crippen LogP contribution >= 0.6 is 0 Å². The molecule has 0 radical (unpaired) electrons. The fourth-order valence-corrected chi connectivity index (χ4v) is 5.32. The van der Waals surface area contributed by atoms with Crippen molar-refractivity contribution in [1.82, 2.24) is 0 Å². The highest BCUT2D eigenvalue weighted by Crippen LogP contribution is 2.50. The van der Waals surface area contributed by atoms with Gasteiger partial charge in [-0.15, -0.1) is 0 Å². The molecule has 1 aliphatic heterocycles. The van der Waals surface area contributed by atoms with E-state index in [0.29, 0.717) is 11.3 Å². The van der Waals surface area contributed by atoms with E-state index in [1.54, 1.807) is 24.3 Å². The maximum absolute atomic E-state index is 13.3. The molecule has 3 atom stereocenters. The fraction of sp³-hybridized carbons (Fsp3) is 0.138. The smallest absolute Gasteiger partial charge is 0.345 e. The topological polar surface area (TPSA) is 81.5 Å². The Hall–Kier alpha value is -4.45. The third-order valence-corrected chi connectivity index (χ3v) is 7.01. The molecule has 2 aliphatic rings. The van der Waals surface area contributed by atoms with E-state index in [4.69, 9.17) is 4.74 Å². The first kappa shape index (κ1) is 21.1. The van der Waals surface area contributed by atoms with Crippen molar-refractivity contribution >= 4 is 28.1 Å². The molecule has 0 amide bonds. The predicted molar refractivity (Wildman–Crippen MR) is 135 cm³/mol. The van der Waals surface area contributed by atoms with E-state index < -0.39 is 10.9 Å². The molecule has 0 aromatic heterocycles. The molecule has 172 valence electrons. The minimum atomic E-state index is -0.424. The summed E-state index contributed by atoms with van der Waals surface area (Å²) in [5.74, 6) is 0.482. The van der Waals surface area contributed by atoms with Crippen molar-refractivity contribution < 1.29 is 14.5 Å². The number of nitrogens with one attached hydrogen (secondary N) is 1. The number of nitro benzene ring substituents is 1. The summed E-state index contributed by atoms with van der Waals surface area (Å²) < 4.78 is 5.80. The number of carbonyl (C=O) groups is 1. The number of ether oxygens (including phenoxy) is 1. The summed E-state index contributed by atoms with van der Waals surface area (Å²) in [5.41, 5.74) is 3.31. The van der Waals surface area contributed by atoms with Crippen molar-refractivity contribution in [3.8, 4) is 5.75 Å². The van der Waals surface area contributed by atoms with E-state index in [-0.39, 0.29) is 23.6 Å².